The van der Waals surface area contributed by atoms with Crippen molar-refractivity contribution in [3.63, 3.8) is 0 Å². The van der Waals surface area contributed by atoms with Gasteiger partial charge in [-0.05, 0) is 0 Å². The van der Waals surface area contributed by atoms with Gasteiger partial charge in [0.15, 0.2) is 0 Å². The van der Waals surface area contributed by atoms with Crippen molar-refractivity contribution >= 4 is 26.9 Å². The number of ether oxygens (including phenoxy) is 1. The van der Waals surface area contributed by atoms with Crippen LogP contribution in [0.5, 0.6) is 0 Å². The van der Waals surface area contributed by atoms with E-state index in [0.717, 1.165) is 16.7 Å². The van der Waals surface area contributed by atoms with E-state index in [1.807, 2.05) is 30.3 Å². The normalized spacial score (nSPS) is 33.7. The molecule has 3 aromatic rings. The van der Waals surface area contributed by atoms with Crippen LogP contribution in [0.2, 0.25) is 0 Å². The van der Waals surface area contributed by atoms with Crippen molar-refractivity contribution in [3.05, 3.63) is 107 Å². The third-order valence-corrected chi connectivity index (χ3v) is 18.0. The Morgan fingerprint density at radius 1 is 0.800 bits per heavy atom. The third-order valence-electron chi connectivity index (χ3n) is 6.76. The quantitative estimate of drug-likeness (QED) is 0.341. The molecular formula is C26H23O2PSe. The van der Waals surface area contributed by atoms with E-state index in [4.69, 9.17) is 4.74 Å². The summed E-state index contributed by atoms with van der Waals surface area (Å²) >= 11 is 0.341. The Morgan fingerprint density at radius 3 is 2.00 bits per heavy atom. The predicted molar refractivity (Wildman–Crippen MR) is 122 cm³/mol. The molecule has 0 aromatic heterocycles. The van der Waals surface area contributed by atoms with Crippen molar-refractivity contribution in [2.24, 2.45) is 5.41 Å². The maximum atomic E-state index is 14.4. The fourth-order valence-electron chi connectivity index (χ4n) is 5.49. The maximum absolute atomic E-state index is 14.4. The fraction of sp³-hybridized carbons (Fsp3) is 0.269. The van der Waals surface area contributed by atoms with Crippen LogP contribution in [0.1, 0.15) is 47.8 Å². The van der Waals surface area contributed by atoms with Crippen molar-refractivity contribution in [2.45, 2.75) is 35.8 Å². The Bertz CT molecular complexity index is 1170. The molecule has 0 radical (unpaired) electrons. The molecule has 0 N–H and O–H groups in total. The monoisotopic (exact) mass is 478 g/mol. The van der Waals surface area contributed by atoms with E-state index in [0.29, 0.717) is 14.5 Å². The van der Waals surface area contributed by atoms with Crippen molar-refractivity contribution in [2.75, 3.05) is 0 Å². The fourth-order valence-corrected chi connectivity index (χ4v) is 19.7. The molecule has 0 saturated carbocycles. The van der Waals surface area contributed by atoms with Crippen molar-refractivity contribution in [1.29, 1.82) is 0 Å². The van der Waals surface area contributed by atoms with Gasteiger partial charge in [0.25, 0.3) is 0 Å². The van der Waals surface area contributed by atoms with Crippen LogP contribution < -0.4 is 0 Å². The summed E-state index contributed by atoms with van der Waals surface area (Å²) in [7, 11) is 0. The first-order valence-electron chi connectivity index (χ1n) is 10.3. The van der Waals surface area contributed by atoms with Gasteiger partial charge in [-0.1, -0.05) is 0 Å². The number of fused-ring (bicyclic) bond motifs is 7. The minimum absolute atomic E-state index is 0.0389. The average molecular weight is 477 g/mol. The Morgan fingerprint density at radius 2 is 1.37 bits per heavy atom. The molecule has 1 unspecified atom stereocenters. The zero-order chi connectivity index (χ0) is 20.8. The molecule has 3 heterocycles. The van der Waals surface area contributed by atoms with E-state index in [9.17, 15) is 4.79 Å². The molecule has 30 heavy (non-hydrogen) atoms. The topological polar surface area (TPSA) is 26.3 Å². The van der Waals surface area contributed by atoms with Gasteiger partial charge in [-0.15, -0.1) is 0 Å². The van der Waals surface area contributed by atoms with Crippen LogP contribution in [0.4, 0.5) is 0 Å². The van der Waals surface area contributed by atoms with Gasteiger partial charge in [0.2, 0.25) is 0 Å². The van der Waals surface area contributed by atoms with Gasteiger partial charge < -0.3 is 0 Å². The second-order valence-corrected chi connectivity index (χ2v) is 16.8. The second-order valence-electron chi connectivity index (χ2n) is 9.31. The van der Waals surface area contributed by atoms with Gasteiger partial charge in [-0.3, -0.25) is 0 Å². The molecule has 2 fully saturated rings. The Labute approximate surface area is 184 Å². The summed E-state index contributed by atoms with van der Waals surface area (Å²) in [5.41, 5.74) is 3.17. The van der Waals surface area contributed by atoms with Gasteiger partial charge in [-0.25, -0.2) is 0 Å². The van der Waals surface area contributed by atoms with Gasteiger partial charge in [0.05, 0.1) is 0 Å². The van der Waals surface area contributed by atoms with Gasteiger partial charge in [-0.2, -0.15) is 0 Å². The molecule has 6 rings (SSSR count). The summed E-state index contributed by atoms with van der Waals surface area (Å²) in [5.74, 6) is 0.148. The molecular weight excluding hydrogens is 454 g/mol. The molecule has 3 aliphatic rings. The zero-order valence-corrected chi connectivity index (χ0v) is 19.9. The summed E-state index contributed by atoms with van der Waals surface area (Å²) < 4.78 is 7.14. The molecule has 0 aliphatic carbocycles. The first kappa shape index (κ1) is 19.0. The van der Waals surface area contributed by atoms with Crippen LogP contribution >= 0.6 is 6.61 Å². The van der Waals surface area contributed by atoms with E-state index >= 15 is 0 Å². The summed E-state index contributed by atoms with van der Waals surface area (Å²) in [4.78, 5) is 14.4. The summed E-state index contributed by atoms with van der Waals surface area (Å²) in [6.45, 7) is 6.39. The zero-order valence-electron chi connectivity index (χ0n) is 17.3. The number of rotatable bonds is 2. The molecule has 4 heteroatoms. The number of Topliss-reactive ketones (excluding diaryl/α,β-unsaturated/α-hetero) is 1. The van der Waals surface area contributed by atoms with Crippen molar-refractivity contribution < 1.29 is 9.53 Å². The third kappa shape index (κ3) is 1.96. The van der Waals surface area contributed by atoms with E-state index < -0.39 is 17.6 Å². The number of hydrogen-bond donors (Lipinski definition) is 0. The Hall–Kier alpha value is -1.76. The van der Waals surface area contributed by atoms with Crippen LogP contribution in [-0.2, 0) is 15.7 Å². The first-order valence-corrected chi connectivity index (χ1v) is 14.8. The van der Waals surface area contributed by atoms with Crippen LogP contribution in [0.25, 0.3) is 0 Å². The second kappa shape index (κ2) is 5.93. The van der Waals surface area contributed by atoms with Crippen molar-refractivity contribution in [1.82, 2.24) is 0 Å². The number of carbonyl (C=O) groups is 1. The molecule has 3 aliphatic heterocycles. The minimum atomic E-state index is -0.914. The van der Waals surface area contributed by atoms with Crippen LogP contribution in [0.15, 0.2) is 84.9 Å². The summed E-state index contributed by atoms with van der Waals surface area (Å²) in [6.07, 6.45) is 0. The molecule has 2 saturated heterocycles. The SMILES string of the molecule is CC(C)(C)[C@]12[Se]P1[C@]1(c3ccccc3)O[C@@]2(c2ccccc2)C(=O)c2ccccc21. The van der Waals surface area contributed by atoms with Crippen LogP contribution in [0, 0.1) is 5.41 Å². The van der Waals surface area contributed by atoms with Gasteiger partial charge >= 0.3 is 185 Å². The molecule has 0 amide bonds. The molecule has 150 valence electrons. The number of carbonyl (C=O) groups excluding carboxylic acids is 1. The Kier molecular flexibility index (Phi) is 3.75. The Balaban J connectivity index is 1.76. The number of ketones is 1. The van der Waals surface area contributed by atoms with Crippen molar-refractivity contribution in [3.8, 4) is 0 Å². The van der Waals surface area contributed by atoms with Crippen LogP contribution in [0.3, 0.4) is 0 Å². The summed E-state index contributed by atoms with van der Waals surface area (Å²) in [5, 5.41) is -0.510. The van der Waals surface area contributed by atoms with E-state index in [1.54, 1.807) is 0 Å². The molecule has 0 spiro atoms. The number of hydrogen-bond acceptors (Lipinski definition) is 2. The average Bonchev–Trinajstić information content (AvgIpc) is 3.50. The molecule has 3 aromatic carbocycles. The molecule has 2 nitrogen and oxygen atoms in total. The first-order chi connectivity index (χ1) is 14.4. The number of benzene rings is 3. The molecule has 4 atom stereocenters. The standard InChI is InChI=1S/C26H23O2PSe/c1-23(2,3)26-24(18-12-6-4-7-13-18)22(27)20-16-10-11-17-21(20)25(28-24,29(26)30-26)19-14-8-5-9-15-19/h4-17H,1-3H3/t24-,25-,26+,29?/m0/s1. The van der Waals surface area contributed by atoms with E-state index in [-0.39, 0.29) is 15.3 Å². The van der Waals surface area contributed by atoms with E-state index in [2.05, 4.69) is 75.4 Å². The van der Waals surface area contributed by atoms with Gasteiger partial charge in [0, 0.05) is 0 Å². The van der Waals surface area contributed by atoms with E-state index in [1.165, 1.54) is 5.56 Å². The summed E-state index contributed by atoms with van der Waals surface area (Å²) in [6, 6.07) is 29.1. The predicted octanol–water partition coefficient (Wildman–Crippen LogP) is 5.87. The van der Waals surface area contributed by atoms with Gasteiger partial charge in [0.1, 0.15) is 0 Å². The van der Waals surface area contributed by atoms with Crippen LogP contribution in [-0.4, -0.2) is 24.4 Å². The molecule has 2 bridgehead atoms.